The van der Waals surface area contributed by atoms with E-state index in [4.69, 9.17) is 16.3 Å². The van der Waals surface area contributed by atoms with Gasteiger partial charge in [0.15, 0.2) is 0 Å². The SMILES string of the molecule is Cc1nc(-c2cccc(Cl)c2)sc1C(=O)NCC(=O)OCC1CC1. The molecular formula is C17H17ClN2O3S. The lowest BCUT2D eigenvalue weighted by Crippen LogP contribution is -2.30. The second-order valence-corrected chi connectivity index (χ2v) is 7.19. The summed E-state index contributed by atoms with van der Waals surface area (Å²) >= 11 is 7.27. The number of hydrogen-bond donors (Lipinski definition) is 1. The molecule has 2 aromatic rings. The van der Waals surface area contributed by atoms with Gasteiger partial charge in [0.2, 0.25) is 0 Å². The molecule has 1 fully saturated rings. The first-order valence-electron chi connectivity index (χ1n) is 7.70. The molecule has 0 unspecified atom stereocenters. The van der Waals surface area contributed by atoms with Crippen LogP contribution in [0.5, 0.6) is 0 Å². The van der Waals surface area contributed by atoms with Crippen molar-refractivity contribution in [2.45, 2.75) is 19.8 Å². The van der Waals surface area contributed by atoms with E-state index in [1.54, 1.807) is 19.1 Å². The number of rotatable bonds is 6. The van der Waals surface area contributed by atoms with Gasteiger partial charge in [-0.1, -0.05) is 23.7 Å². The molecule has 126 valence electrons. The molecule has 1 aliphatic carbocycles. The number of esters is 1. The predicted molar refractivity (Wildman–Crippen MR) is 93.3 cm³/mol. The summed E-state index contributed by atoms with van der Waals surface area (Å²) in [5, 5.41) is 3.93. The fourth-order valence-electron chi connectivity index (χ4n) is 2.13. The lowest BCUT2D eigenvalue weighted by molar-refractivity contribution is -0.142. The standard InChI is InChI=1S/C17H17ClN2O3S/c1-10-15(16(22)19-8-14(21)23-9-11-5-6-11)24-17(20-10)12-3-2-4-13(18)7-12/h2-4,7,11H,5-6,8-9H2,1H3,(H,19,22). The van der Waals surface area contributed by atoms with Crippen molar-refractivity contribution in [3.05, 3.63) is 39.9 Å². The third-order valence-electron chi connectivity index (χ3n) is 3.64. The maximum atomic E-state index is 12.3. The average molecular weight is 365 g/mol. The van der Waals surface area contributed by atoms with E-state index < -0.39 is 5.97 Å². The van der Waals surface area contributed by atoms with Crippen LogP contribution in [0, 0.1) is 12.8 Å². The predicted octanol–water partition coefficient (Wildman–Crippen LogP) is 3.45. The van der Waals surface area contributed by atoms with Crippen LogP contribution in [0.4, 0.5) is 0 Å². The summed E-state index contributed by atoms with van der Waals surface area (Å²) in [6.45, 7) is 2.09. The first-order valence-corrected chi connectivity index (χ1v) is 8.89. The van der Waals surface area contributed by atoms with Gasteiger partial charge in [-0.25, -0.2) is 4.98 Å². The molecule has 1 heterocycles. The number of carbonyl (C=O) groups excluding carboxylic acids is 2. The van der Waals surface area contributed by atoms with E-state index in [-0.39, 0.29) is 12.5 Å². The highest BCUT2D eigenvalue weighted by Gasteiger charge is 2.23. The minimum Gasteiger partial charge on any atom is -0.464 e. The Bertz CT molecular complexity index is 771. The number of nitrogens with one attached hydrogen (secondary N) is 1. The molecule has 1 aromatic carbocycles. The summed E-state index contributed by atoms with van der Waals surface area (Å²) < 4.78 is 5.09. The molecule has 0 aliphatic heterocycles. The molecule has 0 saturated heterocycles. The highest BCUT2D eigenvalue weighted by atomic mass is 35.5. The third-order valence-corrected chi connectivity index (χ3v) is 5.08. The van der Waals surface area contributed by atoms with Gasteiger partial charge in [-0.2, -0.15) is 0 Å². The van der Waals surface area contributed by atoms with Crippen LogP contribution in [0.1, 0.15) is 28.2 Å². The van der Waals surface area contributed by atoms with Gasteiger partial charge in [-0.05, 0) is 37.8 Å². The Hall–Kier alpha value is -1.92. The normalized spacial score (nSPS) is 13.6. The lowest BCUT2D eigenvalue weighted by Gasteiger charge is -2.05. The Morgan fingerprint density at radius 1 is 1.42 bits per heavy atom. The molecule has 1 saturated carbocycles. The quantitative estimate of drug-likeness (QED) is 0.797. The zero-order chi connectivity index (χ0) is 17.1. The number of carbonyl (C=O) groups is 2. The molecule has 7 heteroatoms. The maximum absolute atomic E-state index is 12.3. The Morgan fingerprint density at radius 3 is 2.92 bits per heavy atom. The summed E-state index contributed by atoms with van der Waals surface area (Å²) in [6.07, 6.45) is 2.23. The zero-order valence-electron chi connectivity index (χ0n) is 13.2. The van der Waals surface area contributed by atoms with Crippen LogP contribution in [0.3, 0.4) is 0 Å². The smallest absolute Gasteiger partial charge is 0.325 e. The van der Waals surface area contributed by atoms with E-state index in [1.807, 2.05) is 12.1 Å². The van der Waals surface area contributed by atoms with Gasteiger partial charge in [0.05, 0.1) is 12.3 Å². The summed E-state index contributed by atoms with van der Waals surface area (Å²) in [6, 6.07) is 7.31. The second kappa shape index (κ2) is 7.32. The van der Waals surface area contributed by atoms with Crippen molar-refractivity contribution in [2.24, 2.45) is 5.92 Å². The van der Waals surface area contributed by atoms with Crippen molar-refractivity contribution >= 4 is 34.8 Å². The fourth-order valence-corrected chi connectivity index (χ4v) is 3.30. The second-order valence-electron chi connectivity index (χ2n) is 5.75. The third kappa shape index (κ3) is 4.33. The summed E-state index contributed by atoms with van der Waals surface area (Å²) in [5.41, 5.74) is 1.48. The molecule has 24 heavy (non-hydrogen) atoms. The van der Waals surface area contributed by atoms with Crippen molar-refractivity contribution < 1.29 is 14.3 Å². The molecular weight excluding hydrogens is 348 g/mol. The number of aryl methyl sites for hydroxylation is 1. The van der Waals surface area contributed by atoms with Crippen LogP contribution in [0.2, 0.25) is 5.02 Å². The van der Waals surface area contributed by atoms with Gasteiger partial charge < -0.3 is 10.1 Å². The summed E-state index contributed by atoms with van der Waals surface area (Å²) in [7, 11) is 0. The number of hydrogen-bond acceptors (Lipinski definition) is 5. The van der Waals surface area contributed by atoms with Crippen molar-refractivity contribution in [3.8, 4) is 10.6 Å². The van der Waals surface area contributed by atoms with E-state index in [9.17, 15) is 9.59 Å². The van der Waals surface area contributed by atoms with E-state index >= 15 is 0 Å². The number of thiazole rings is 1. The molecule has 3 rings (SSSR count). The van der Waals surface area contributed by atoms with Gasteiger partial charge in [0.25, 0.3) is 5.91 Å². The maximum Gasteiger partial charge on any atom is 0.325 e. The number of aromatic nitrogens is 1. The van der Waals surface area contributed by atoms with E-state index in [0.717, 1.165) is 23.4 Å². The first kappa shape index (κ1) is 16.9. The highest BCUT2D eigenvalue weighted by molar-refractivity contribution is 7.17. The first-order chi connectivity index (χ1) is 11.5. The van der Waals surface area contributed by atoms with Gasteiger partial charge in [0, 0.05) is 10.6 Å². The van der Waals surface area contributed by atoms with Crippen molar-refractivity contribution in [2.75, 3.05) is 13.2 Å². The highest BCUT2D eigenvalue weighted by Crippen LogP contribution is 2.30. The van der Waals surface area contributed by atoms with Crippen molar-refractivity contribution in [3.63, 3.8) is 0 Å². The summed E-state index contributed by atoms with van der Waals surface area (Å²) in [5.74, 6) is -0.220. The molecule has 0 radical (unpaired) electrons. The van der Waals surface area contributed by atoms with Gasteiger partial charge in [-0.15, -0.1) is 11.3 Å². The Morgan fingerprint density at radius 2 is 2.21 bits per heavy atom. The topological polar surface area (TPSA) is 68.3 Å². The fraction of sp³-hybridized carbons (Fsp3) is 0.353. The molecule has 1 aliphatic rings. The number of ether oxygens (including phenoxy) is 1. The minimum atomic E-state index is -0.410. The molecule has 0 spiro atoms. The van der Waals surface area contributed by atoms with Crippen molar-refractivity contribution in [1.82, 2.24) is 10.3 Å². The molecule has 1 amide bonds. The molecule has 5 nitrogen and oxygen atoms in total. The number of nitrogens with zero attached hydrogens (tertiary/aromatic N) is 1. The largest absolute Gasteiger partial charge is 0.464 e. The average Bonchev–Trinajstić information content (AvgIpc) is 3.31. The van der Waals surface area contributed by atoms with Gasteiger partial charge in [-0.3, -0.25) is 9.59 Å². The Balaban J connectivity index is 1.61. The van der Waals surface area contributed by atoms with Gasteiger partial charge >= 0.3 is 5.97 Å². The molecule has 1 N–H and O–H groups in total. The number of benzene rings is 1. The molecule has 0 atom stereocenters. The molecule has 1 aromatic heterocycles. The van der Waals surface area contributed by atoms with Crippen LogP contribution in [0.15, 0.2) is 24.3 Å². The number of halogens is 1. The monoisotopic (exact) mass is 364 g/mol. The Labute approximate surface area is 149 Å². The van der Waals surface area contributed by atoms with Crippen LogP contribution in [0.25, 0.3) is 10.6 Å². The zero-order valence-corrected chi connectivity index (χ0v) is 14.7. The lowest BCUT2D eigenvalue weighted by atomic mass is 10.2. The minimum absolute atomic E-state index is 0.130. The van der Waals surface area contributed by atoms with Crippen LogP contribution >= 0.6 is 22.9 Å². The van der Waals surface area contributed by atoms with Crippen LogP contribution in [-0.4, -0.2) is 30.0 Å². The van der Waals surface area contributed by atoms with Crippen LogP contribution in [-0.2, 0) is 9.53 Å². The summed E-state index contributed by atoms with van der Waals surface area (Å²) in [4.78, 5) is 28.8. The van der Waals surface area contributed by atoms with E-state index in [2.05, 4.69) is 10.3 Å². The van der Waals surface area contributed by atoms with Crippen molar-refractivity contribution in [1.29, 1.82) is 0 Å². The van der Waals surface area contributed by atoms with E-state index in [1.165, 1.54) is 11.3 Å². The van der Waals surface area contributed by atoms with Gasteiger partial charge in [0.1, 0.15) is 16.4 Å². The van der Waals surface area contributed by atoms with Crippen LogP contribution < -0.4 is 5.32 Å². The molecule has 0 bridgehead atoms. The van der Waals surface area contributed by atoms with E-state index in [0.29, 0.717) is 28.1 Å². The number of amides is 1. The Kier molecular flexibility index (Phi) is 5.16.